The zero-order valence-electron chi connectivity index (χ0n) is 15.6. The zero-order chi connectivity index (χ0) is 21.2. The largest absolute Gasteiger partial charge is 0.481 e. The summed E-state index contributed by atoms with van der Waals surface area (Å²) in [5.74, 6) is -0.978. The van der Waals surface area contributed by atoms with Gasteiger partial charge >= 0.3 is 6.18 Å². The molecule has 1 amide bonds. The number of pyridine rings is 1. The smallest absolute Gasteiger partial charge is 0.418 e. The van der Waals surface area contributed by atoms with Gasteiger partial charge in [-0.3, -0.25) is 14.6 Å². The van der Waals surface area contributed by atoms with E-state index in [1.807, 2.05) is 4.90 Å². The van der Waals surface area contributed by atoms with Gasteiger partial charge in [0.05, 0.1) is 11.1 Å². The Morgan fingerprint density at radius 3 is 2.69 bits per heavy atom. The summed E-state index contributed by atoms with van der Waals surface area (Å²) in [4.78, 5) is 26.3. The van der Waals surface area contributed by atoms with E-state index in [2.05, 4.69) is 10.3 Å². The Balaban J connectivity index is 0.000000552. The van der Waals surface area contributed by atoms with Gasteiger partial charge in [0.25, 0.3) is 5.97 Å². The van der Waals surface area contributed by atoms with Gasteiger partial charge in [-0.25, -0.2) is 0 Å². The molecule has 2 N–H and O–H groups in total. The lowest BCUT2D eigenvalue weighted by atomic mass is 10.0. The Hall–Kier alpha value is -2.88. The highest BCUT2D eigenvalue weighted by atomic mass is 19.4. The molecule has 1 spiro atoms. The van der Waals surface area contributed by atoms with Crippen molar-refractivity contribution < 1.29 is 32.6 Å². The molecular formula is C19H20F3N3O4. The number of aliphatic carboxylic acids is 1. The number of amides is 1. The Morgan fingerprint density at radius 1 is 1.34 bits per heavy atom. The van der Waals surface area contributed by atoms with Gasteiger partial charge in [-0.15, -0.1) is 0 Å². The summed E-state index contributed by atoms with van der Waals surface area (Å²) < 4.78 is 45.4. The standard InChI is InChI=1S/C17H16F3N3O2.C2H4O2/c18-17(19,20)12-3-1-2-11-13(4-6-21-15(11)12)23-7-5-16(10-23)9-22-14(24)8-25-16;1-2(3)4/h1-4,6H,5,7-10H2,(H,22,24);1H3,(H,3,4). The number of anilines is 1. The number of benzene rings is 1. The van der Waals surface area contributed by atoms with Gasteiger partial charge in [-0.05, 0) is 18.6 Å². The van der Waals surface area contributed by atoms with Crippen LogP contribution in [0.1, 0.15) is 18.9 Å². The number of nitrogens with zero attached hydrogens (tertiary/aromatic N) is 2. The van der Waals surface area contributed by atoms with Crippen molar-refractivity contribution in [2.75, 3.05) is 31.1 Å². The van der Waals surface area contributed by atoms with Gasteiger partial charge in [-0.1, -0.05) is 12.1 Å². The first-order chi connectivity index (χ1) is 13.6. The fraction of sp³-hybridized carbons (Fsp3) is 0.421. The molecule has 0 radical (unpaired) electrons. The number of para-hydroxylation sites is 1. The minimum absolute atomic E-state index is 0.0170. The Bertz CT molecular complexity index is 919. The quantitative estimate of drug-likeness (QED) is 0.749. The van der Waals surface area contributed by atoms with Gasteiger partial charge in [0.1, 0.15) is 12.2 Å². The van der Waals surface area contributed by atoms with Crippen LogP contribution < -0.4 is 10.2 Å². The van der Waals surface area contributed by atoms with Gasteiger partial charge < -0.3 is 20.1 Å². The topological polar surface area (TPSA) is 91.8 Å². The number of aromatic nitrogens is 1. The summed E-state index contributed by atoms with van der Waals surface area (Å²) in [6, 6.07) is 5.83. The van der Waals surface area contributed by atoms with Crippen LogP contribution in [0.5, 0.6) is 0 Å². The van der Waals surface area contributed by atoms with Crippen molar-refractivity contribution in [1.29, 1.82) is 0 Å². The minimum Gasteiger partial charge on any atom is -0.481 e. The second-order valence-electron chi connectivity index (χ2n) is 6.97. The number of halogens is 3. The molecule has 1 unspecified atom stereocenters. The monoisotopic (exact) mass is 411 g/mol. The van der Waals surface area contributed by atoms with Gasteiger partial charge in [0, 0.05) is 43.8 Å². The van der Waals surface area contributed by atoms with E-state index in [1.165, 1.54) is 12.3 Å². The third-order valence-corrected chi connectivity index (χ3v) is 4.83. The average Bonchev–Trinajstić information content (AvgIpc) is 3.06. The molecule has 3 heterocycles. The van der Waals surface area contributed by atoms with Crippen LogP contribution in [0.4, 0.5) is 18.9 Å². The number of rotatable bonds is 1. The number of hydrogen-bond donors (Lipinski definition) is 2. The molecule has 1 atom stereocenters. The summed E-state index contributed by atoms with van der Waals surface area (Å²) in [7, 11) is 0. The number of hydrogen-bond acceptors (Lipinski definition) is 5. The maximum absolute atomic E-state index is 13.2. The van der Waals surface area contributed by atoms with Crippen molar-refractivity contribution in [3.8, 4) is 0 Å². The summed E-state index contributed by atoms with van der Waals surface area (Å²) >= 11 is 0. The van der Waals surface area contributed by atoms with Crippen molar-refractivity contribution in [1.82, 2.24) is 10.3 Å². The molecule has 7 nitrogen and oxygen atoms in total. The molecule has 1 aromatic carbocycles. The molecular weight excluding hydrogens is 391 g/mol. The van der Waals surface area contributed by atoms with E-state index in [4.69, 9.17) is 14.6 Å². The van der Waals surface area contributed by atoms with Crippen LogP contribution in [-0.4, -0.2) is 53.8 Å². The number of carbonyl (C=O) groups is 2. The molecule has 2 aliphatic rings. The van der Waals surface area contributed by atoms with Crippen LogP contribution in [0.25, 0.3) is 10.9 Å². The van der Waals surface area contributed by atoms with E-state index in [0.717, 1.165) is 13.0 Å². The molecule has 2 fully saturated rings. The van der Waals surface area contributed by atoms with Crippen LogP contribution in [-0.2, 0) is 20.5 Å². The van der Waals surface area contributed by atoms with Crippen molar-refractivity contribution in [2.24, 2.45) is 0 Å². The Morgan fingerprint density at radius 2 is 2.07 bits per heavy atom. The summed E-state index contributed by atoms with van der Waals surface area (Å²) in [6.07, 6.45) is -2.34. The number of carboxylic acids is 1. The van der Waals surface area contributed by atoms with E-state index in [1.54, 1.807) is 12.1 Å². The molecule has 0 aliphatic carbocycles. The fourth-order valence-corrected chi connectivity index (χ4v) is 3.56. The van der Waals surface area contributed by atoms with Crippen LogP contribution in [0.15, 0.2) is 30.5 Å². The second-order valence-corrected chi connectivity index (χ2v) is 6.97. The van der Waals surface area contributed by atoms with Crippen molar-refractivity contribution in [3.63, 3.8) is 0 Å². The first kappa shape index (κ1) is 20.8. The highest BCUT2D eigenvalue weighted by Crippen LogP contribution is 2.38. The van der Waals surface area contributed by atoms with Crippen LogP contribution in [0.2, 0.25) is 0 Å². The molecule has 2 aromatic rings. The first-order valence-electron chi connectivity index (χ1n) is 8.91. The van der Waals surface area contributed by atoms with Crippen LogP contribution >= 0.6 is 0 Å². The van der Waals surface area contributed by atoms with Gasteiger partial charge in [-0.2, -0.15) is 13.2 Å². The molecule has 2 aliphatic heterocycles. The van der Waals surface area contributed by atoms with Gasteiger partial charge in [0.15, 0.2) is 0 Å². The zero-order valence-corrected chi connectivity index (χ0v) is 15.6. The fourth-order valence-electron chi connectivity index (χ4n) is 3.56. The number of carbonyl (C=O) groups excluding carboxylic acids is 1. The summed E-state index contributed by atoms with van der Waals surface area (Å²) in [5, 5.41) is 10.7. The predicted molar refractivity (Wildman–Crippen MR) is 98.6 cm³/mol. The van der Waals surface area contributed by atoms with Crippen LogP contribution in [0, 0.1) is 0 Å². The van der Waals surface area contributed by atoms with Crippen molar-refractivity contribution in [2.45, 2.75) is 25.1 Å². The Labute approximate surface area is 164 Å². The maximum Gasteiger partial charge on any atom is 0.418 e. The molecule has 0 saturated carbocycles. The number of ether oxygens (including phenoxy) is 1. The molecule has 156 valence electrons. The van der Waals surface area contributed by atoms with Crippen molar-refractivity contribution in [3.05, 3.63) is 36.0 Å². The molecule has 1 aromatic heterocycles. The lowest BCUT2D eigenvalue weighted by molar-refractivity contribution is -0.141. The third kappa shape index (κ3) is 4.58. The third-order valence-electron chi connectivity index (χ3n) is 4.83. The average molecular weight is 411 g/mol. The van der Waals surface area contributed by atoms with Gasteiger partial charge in [0.2, 0.25) is 5.91 Å². The normalized spacial score (nSPS) is 21.7. The van der Waals surface area contributed by atoms with E-state index in [-0.39, 0.29) is 18.0 Å². The number of nitrogens with one attached hydrogen (secondary N) is 1. The number of alkyl halides is 3. The Kier molecular flexibility index (Phi) is 5.65. The number of fused-ring (bicyclic) bond motifs is 1. The molecule has 0 bridgehead atoms. The minimum atomic E-state index is -4.45. The molecule has 2 saturated heterocycles. The number of morpholine rings is 1. The second kappa shape index (κ2) is 7.86. The molecule has 4 rings (SSSR count). The predicted octanol–water partition coefficient (Wildman–Crippen LogP) is 2.44. The summed E-state index contributed by atoms with van der Waals surface area (Å²) in [5.41, 5.74) is -0.563. The van der Waals surface area contributed by atoms with E-state index < -0.39 is 23.3 Å². The molecule has 29 heavy (non-hydrogen) atoms. The molecule has 10 heteroatoms. The highest BCUT2D eigenvalue weighted by molar-refractivity contribution is 5.94. The maximum atomic E-state index is 13.2. The van der Waals surface area contributed by atoms with E-state index >= 15 is 0 Å². The van der Waals surface area contributed by atoms with E-state index in [9.17, 15) is 18.0 Å². The summed E-state index contributed by atoms with van der Waals surface area (Å²) in [6.45, 7) is 2.68. The lowest BCUT2D eigenvalue weighted by Gasteiger charge is -2.34. The van der Waals surface area contributed by atoms with Crippen molar-refractivity contribution >= 4 is 28.5 Å². The van der Waals surface area contributed by atoms with Crippen LogP contribution in [0.3, 0.4) is 0 Å². The lowest BCUT2D eigenvalue weighted by Crippen LogP contribution is -2.53. The number of carboxylic acid groups (broad SMARTS) is 1. The van der Waals surface area contributed by atoms with E-state index in [0.29, 0.717) is 37.1 Å². The SMILES string of the molecule is CC(=O)O.O=C1COC2(CCN(c3ccnc4c(C(F)(F)F)cccc34)C2)CN1. The first-order valence-corrected chi connectivity index (χ1v) is 8.91. The highest BCUT2D eigenvalue weighted by Gasteiger charge is 2.43.